The molecule has 0 saturated heterocycles. The quantitative estimate of drug-likeness (QED) is 0.399. The van der Waals surface area contributed by atoms with Crippen LogP contribution in [0, 0.1) is 6.92 Å². The Morgan fingerprint density at radius 3 is 2.36 bits per heavy atom. The summed E-state index contributed by atoms with van der Waals surface area (Å²) in [5.74, 6) is 0.661. The number of nitrogens with one attached hydrogen (secondary N) is 1. The Morgan fingerprint density at radius 1 is 1.06 bits per heavy atom. The van der Waals surface area contributed by atoms with Gasteiger partial charge in [0, 0.05) is 12.6 Å². The highest BCUT2D eigenvalue weighted by molar-refractivity contribution is 9.10. The molecule has 2 rings (SSSR count). The maximum atomic E-state index is 13.4. The van der Waals surface area contributed by atoms with Crippen LogP contribution >= 0.6 is 15.9 Å². The molecule has 0 unspecified atom stereocenters. The third kappa shape index (κ3) is 7.88. The van der Waals surface area contributed by atoms with Crippen molar-refractivity contribution in [1.82, 2.24) is 10.2 Å². The molecule has 0 saturated carbocycles. The Bertz CT molecular complexity index is 945. The summed E-state index contributed by atoms with van der Waals surface area (Å²) in [5, 5.41) is 3.03. The Morgan fingerprint density at radius 2 is 1.79 bits per heavy atom. The average molecular weight is 518 g/mol. The van der Waals surface area contributed by atoms with E-state index in [9.17, 15) is 9.59 Å². The van der Waals surface area contributed by atoms with Gasteiger partial charge in [-0.1, -0.05) is 63.6 Å². The molecule has 2 aromatic rings. The van der Waals surface area contributed by atoms with Crippen molar-refractivity contribution in [1.29, 1.82) is 0 Å². The summed E-state index contributed by atoms with van der Waals surface area (Å²) in [5.41, 5.74) is 3.29. The van der Waals surface area contributed by atoms with Crippen LogP contribution in [0.4, 0.5) is 0 Å². The van der Waals surface area contributed by atoms with E-state index < -0.39 is 6.04 Å². The van der Waals surface area contributed by atoms with Crippen LogP contribution in [0.1, 0.15) is 70.1 Å². The summed E-state index contributed by atoms with van der Waals surface area (Å²) in [7, 11) is 0. The minimum Gasteiger partial charge on any atom is -0.483 e. The molecule has 180 valence electrons. The second kappa shape index (κ2) is 12.8. The molecular weight excluding hydrogens is 480 g/mol. The number of halogens is 1. The molecule has 0 aliphatic rings. The van der Waals surface area contributed by atoms with Crippen molar-refractivity contribution in [3.8, 4) is 5.75 Å². The van der Waals surface area contributed by atoms with E-state index in [-0.39, 0.29) is 24.5 Å². The number of carbonyl (C=O) groups is 2. The lowest BCUT2D eigenvalue weighted by Gasteiger charge is -2.31. The largest absolute Gasteiger partial charge is 0.483 e. The number of hydrogen-bond donors (Lipinski definition) is 1. The summed E-state index contributed by atoms with van der Waals surface area (Å²) in [6.07, 6.45) is 1.35. The van der Waals surface area contributed by atoms with Gasteiger partial charge < -0.3 is 15.0 Å². The fourth-order valence-corrected chi connectivity index (χ4v) is 4.09. The molecule has 0 fully saturated rings. The lowest BCUT2D eigenvalue weighted by molar-refractivity contribution is -0.143. The first-order valence-corrected chi connectivity index (χ1v) is 12.5. The van der Waals surface area contributed by atoms with Gasteiger partial charge in [0.05, 0.1) is 4.47 Å². The maximum absolute atomic E-state index is 13.4. The van der Waals surface area contributed by atoms with E-state index >= 15 is 0 Å². The van der Waals surface area contributed by atoms with Gasteiger partial charge in [0.25, 0.3) is 5.91 Å². The van der Waals surface area contributed by atoms with Crippen LogP contribution in [0.5, 0.6) is 5.75 Å². The third-order valence-corrected chi connectivity index (χ3v) is 6.42. The van der Waals surface area contributed by atoms with E-state index in [2.05, 4.69) is 35.1 Å². The van der Waals surface area contributed by atoms with Crippen LogP contribution in [-0.2, 0) is 16.1 Å². The molecule has 2 atom stereocenters. The Labute approximate surface area is 207 Å². The number of nitrogens with zero attached hydrogens (tertiary/aromatic N) is 1. The average Bonchev–Trinajstić information content (AvgIpc) is 2.77. The van der Waals surface area contributed by atoms with Crippen LogP contribution in [0.3, 0.4) is 0 Å². The molecule has 0 aliphatic carbocycles. The van der Waals surface area contributed by atoms with Gasteiger partial charge >= 0.3 is 0 Å². The van der Waals surface area contributed by atoms with Gasteiger partial charge in [-0.15, -0.1) is 0 Å². The molecule has 2 amide bonds. The van der Waals surface area contributed by atoms with E-state index in [1.165, 1.54) is 5.56 Å². The number of benzene rings is 2. The van der Waals surface area contributed by atoms with Crippen LogP contribution < -0.4 is 10.1 Å². The van der Waals surface area contributed by atoms with Crippen LogP contribution in [0.2, 0.25) is 0 Å². The van der Waals surface area contributed by atoms with Gasteiger partial charge in [0.1, 0.15) is 11.8 Å². The van der Waals surface area contributed by atoms with Crippen LogP contribution in [0.25, 0.3) is 0 Å². The number of carbonyl (C=O) groups excluding carboxylic acids is 2. The van der Waals surface area contributed by atoms with E-state index in [1.807, 2.05) is 70.2 Å². The van der Waals surface area contributed by atoms with Gasteiger partial charge in [0.15, 0.2) is 6.61 Å². The van der Waals surface area contributed by atoms with Crippen molar-refractivity contribution >= 4 is 27.7 Å². The maximum Gasteiger partial charge on any atom is 0.261 e. The van der Waals surface area contributed by atoms with E-state index in [0.29, 0.717) is 24.6 Å². The van der Waals surface area contributed by atoms with E-state index in [0.717, 1.165) is 22.0 Å². The molecule has 0 spiro atoms. The third-order valence-electron chi connectivity index (χ3n) is 5.80. The molecule has 0 heterocycles. The molecule has 0 aliphatic heterocycles. The summed E-state index contributed by atoms with van der Waals surface area (Å²) < 4.78 is 6.70. The van der Waals surface area contributed by atoms with Gasteiger partial charge in [-0.25, -0.2) is 0 Å². The first-order valence-electron chi connectivity index (χ1n) is 11.7. The van der Waals surface area contributed by atoms with Crippen molar-refractivity contribution in [3.05, 3.63) is 63.6 Å². The predicted molar refractivity (Wildman–Crippen MR) is 137 cm³/mol. The Balaban J connectivity index is 2.23. The summed E-state index contributed by atoms with van der Waals surface area (Å²) in [6, 6.07) is 13.4. The fraction of sp³-hybridized carbons (Fsp3) is 0.481. The van der Waals surface area contributed by atoms with Crippen molar-refractivity contribution in [2.45, 2.75) is 78.9 Å². The van der Waals surface area contributed by atoms with Gasteiger partial charge in [-0.2, -0.15) is 0 Å². The minimum absolute atomic E-state index is 0.0501. The molecular formula is C27H37BrN2O3. The number of hydrogen-bond acceptors (Lipinski definition) is 3. The standard InChI is InChI=1S/C27H37BrN2O3/c1-7-20(6)29-27(32)24(8-2)30(16-21-11-9-10-19(5)14-21)26(31)17-33-25-13-12-22(18(3)4)15-23(25)28/h9-15,18,20,24H,7-8,16-17H2,1-6H3,(H,29,32)/t20-,24-/m1/s1. The highest BCUT2D eigenvalue weighted by Gasteiger charge is 2.29. The van der Waals surface area contributed by atoms with Gasteiger partial charge in [-0.3, -0.25) is 9.59 Å². The Hall–Kier alpha value is -2.34. The SMILES string of the molecule is CC[C@@H](C)NC(=O)[C@@H](CC)N(Cc1cccc(C)c1)C(=O)COc1ccc(C(C)C)cc1Br. The second-order valence-electron chi connectivity index (χ2n) is 8.89. The van der Waals surface area contributed by atoms with Crippen molar-refractivity contribution < 1.29 is 14.3 Å². The van der Waals surface area contributed by atoms with Gasteiger partial charge in [-0.05, 0) is 71.8 Å². The fourth-order valence-electron chi connectivity index (χ4n) is 3.58. The van der Waals surface area contributed by atoms with Crippen LogP contribution in [0.15, 0.2) is 46.9 Å². The smallest absolute Gasteiger partial charge is 0.261 e. The predicted octanol–water partition coefficient (Wildman–Crippen LogP) is 5.98. The topological polar surface area (TPSA) is 58.6 Å². The summed E-state index contributed by atoms with van der Waals surface area (Å²) >= 11 is 3.55. The first-order chi connectivity index (χ1) is 15.7. The zero-order chi connectivity index (χ0) is 24.5. The normalized spacial score (nSPS) is 12.8. The summed E-state index contributed by atoms with van der Waals surface area (Å²) in [6.45, 7) is 12.4. The molecule has 2 aromatic carbocycles. The minimum atomic E-state index is -0.567. The number of amides is 2. The van der Waals surface area contributed by atoms with Crippen molar-refractivity contribution in [2.75, 3.05) is 6.61 Å². The molecule has 33 heavy (non-hydrogen) atoms. The highest BCUT2D eigenvalue weighted by atomic mass is 79.9. The lowest BCUT2D eigenvalue weighted by atomic mass is 10.0. The van der Waals surface area contributed by atoms with Gasteiger partial charge in [0.2, 0.25) is 5.91 Å². The molecule has 0 radical (unpaired) electrons. The molecule has 1 N–H and O–H groups in total. The van der Waals surface area contributed by atoms with E-state index in [1.54, 1.807) is 4.90 Å². The number of rotatable bonds is 11. The molecule has 6 heteroatoms. The Kier molecular flexibility index (Phi) is 10.4. The van der Waals surface area contributed by atoms with Crippen molar-refractivity contribution in [2.24, 2.45) is 0 Å². The number of aryl methyl sites for hydroxylation is 1. The first kappa shape index (κ1) is 26.9. The zero-order valence-corrected chi connectivity index (χ0v) is 22.2. The zero-order valence-electron chi connectivity index (χ0n) is 20.7. The second-order valence-corrected chi connectivity index (χ2v) is 9.74. The highest BCUT2D eigenvalue weighted by Crippen LogP contribution is 2.29. The van der Waals surface area contributed by atoms with Crippen LogP contribution in [-0.4, -0.2) is 35.4 Å². The van der Waals surface area contributed by atoms with E-state index in [4.69, 9.17) is 4.74 Å². The summed E-state index contributed by atoms with van der Waals surface area (Å²) in [4.78, 5) is 28.0. The molecule has 0 bridgehead atoms. The monoisotopic (exact) mass is 516 g/mol. The molecule has 5 nitrogen and oxygen atoms in total. The number of ether oxygens (including phenoxy) is 1. The van der Waals surface area contributed by atoms with Crippen molar-refractivity contribution in [3.63, 3.8) is 0 Å². The molecule has 0 aromatic heterocycles. The lowest BCUT2D eigenvalue weighted by Crippen LogP contribution is -2.51.